The minimum Gasteiger partial charge on any atom is -0.496 e. The maximum absolute atomic E-state index is 13.8. The van der Waals surface area contributed by atoms with Crippen LogP contribution in [0.15, 0.2) is 54.6 Å². The molecule has 0 fully saturated rings. The summed E-state index contributed by atoms with van der Waals surface area (Å²) in [6.07, 6.45) is -3.46. The molecule has 0 unspecified atom stereocenters. The van der Waals surface area contributed by atoms with Crippen LogP contribution in [-0.4, -0.2) is 38.1 Å². The largest absolute Gasteiger partial charge is 0.496 e. The molecule has 10 heteroatoms. The van der Waals surface area contributed by atoms with E-state index in [9.17, 15) is 22.8 Å². The third-order valence-corrected chi connectivity index (χ3v) is 6.64. The van der Waals surface area contributed by atoms with Crippen molar-refractivity contribution in [2.75, 3.05) is 19.1 Å². The van der Waals surface area contributed by atoms with Gasteiger partial charge in [-0.25, -0.2) is 0 Å². The van der Waals surface area contributed by atoms with E-state index in [1.165, 1.54) is 13.2 Å². The zero-order valence-electron chi connectivity index (χ0n) is 20.7. The molecule has 0 aromatic heterocycles. The molecule has 198 valence electrons. The van der Waals surface area contributed by atoms with Gasteiger partial charge in [-0.1, -0.05) is 30.3 Å². The Kier molecular flexibility index (Phi) is 8.71. The summed E-state index contributed by atoms with van der Waals surface area (Å²) < 4.78 is 45.5. The van der Waals surface area contributed by atoms with Gasteiger partial charge in [0.25, 0.3) is 0 Å². The van der Waals surface area contributed by atoms with Crippen molar-refractivity contribution >= 4 is 40.7 Å². The van der Waals surface area contributed by atoms with Gasteiger partial charge in [-0.3, -0.25) is 9.59 Å². The lowest BCUT2D eigenvalue weighted by atomic mass is 10.00. The van der Waals surface area contributed by atoms with Crippen LogP contribution in [0.2, 0.25) is 0 Å². The number of carbonyl (C=O) groups excluding carboxylic acids is 2. The Labute approximate surface area is 219 Å². The molecule has 0 aliphatic carbocycles. The molecule has 1 aliphatic heterocycles. The van der Waals surface area contributed by atoms with E-state index in [1.807, 2.05) is 24.3 Å². The number of carbonyl (C=O) groups is 2. The van der Waals surface area contributed by atoms with Gasteiger partial charge in [0.05, 0.1) is 25.3 Å². The van der Waals surface area contributed by atoms with Crippen LogP contribution in [-0.2, 0) is 28.7 Å². The van der Waals surface area contributed by atoms with Crippen molar-refractivity contribution in [2.24, 2.45) is 0 Å². The first-order valence-corrected chi connectivity index (χ1v) is 11.7. The number of benzene rings is 3. The highest BCUT2D eigenvalue weighted by Crippen LogP contribution is 2.37. The van der Waals surface area contributed by atoms with E-state index in [0.29, 0.717) is 40.6 Å². The highest BCUT2D eigenvalue weighted by molar-refractivity contribution is 6.01. The smallest absolute Gasteiger partial charge is 0.416 e. The lowest BCUT2D eigenvalue weighted by Gasteiger charge is -2.28. The fourth-order valence-corrected chi connectivity index (χ4v) is 4.50. The standard InChI is InChI=1S/C27H28F3N3O3.ClH/c1-16(31-2)25(34)32-22-12-8-17-6-4-5-7-23(17)33(26(22)35)15-21-20-11-10-19(27(28,29)30)14-18(20)9-13-24(21)36-3;/h4-7,9-11,13-14,16,22,31H,8,12,15H2,1-3H3,(H,32,34);1H/t16-,22-;/m0./s1. The number of fused-ring (bicyclic) bond motifs is 2. The van der Waals surface area contributed by atoms with Gasteiger partial charge in [0.15, 0.2) is 0 Å². The Hall–Kier alpha value is -3.30. The predicted molar refractivity (Wildman–Crippen MR) is 139 cm³/mol. The van der Waals surface area contributed by atoms with E-state index in [2.05, 4.69) is 10.6 Å². The molecule has 0 spiro atoms. The number of ether oxygens (including phenoxy) is 1. The number of amides is 2. The number of alkyl halides is 3. The molecule has 0 saturated heterocycles. The van der Waals surface area contributed by atoms with Gasteiger partial charge >= 0.3 is 6.18 Å². The maximum atomic E-state index is 13.8. The number of aryl methyl sites for hydroxylation is 1. The average molecular weight is 536 g/mol. The van der Waals surface area contributed by atoms with E-state index in [1.54, 1.807) is 31.0 Å². The minimum atomic E-state index is -4.47. The maximum Gasteiger partial charge on any atom is 0.416 e. The van der Waals surface area contributed by atoms with E-state index in [-0.39, 0.29) is 30.8 Å². The zero-order valence-corrected chi connectivity index (χ0v) is 21.5. The van der Waals surface area contributed by atoms with E-state index >= 15 is 0 Å². The summed E-state index contributed by atoms with van der Waals surface area (Å²) >= 11 is 0. The summed E-state index contributed by atoms with van der Waals surface area (Å²) in [7, 11) is 3.15. The second-order valence-electron chi connectivity index (χ2n) is 8.84. The quantitative estimate of drug-likeness (QED) is 0.473. The number of hydrogen-bond donors (Lipinski definition) is 2. The highest BCUT2D eigenvalue weighted by atomic mass is 35.5. The average Bonchev–Trinajstić information content (AvgIpc) is 2.99. The highest BCUT2D eigenvalue weighted by Gasteiger charge is 2.34. The molecule has 37 heavy (non-hydrogen) atoms. The molecule has 0 saturated carbocycles. The molecule has 2 atom stereocenters. The van der Waals surface area contributed by atoms with Crippen LogP contribution in [0.1, 0.15) is 30.0 Å². The lowest BCUT2D eigenvalue weighted by molar-refractivity contribution is -0.137. The number of para-hydroxylation sites is 1. The zero-order chi connectivity index (χ0) is 26.0. The monoisotopic (exact) mass is 535 g/mol. The Morgan fingerprint density at radius 1 is 1.16 bits per heavy atom. The Bertz CT molecular complexity index is 1300. The normalized spacial score (nSPS) is 16.4. The van der Waals surface area contributed by atoms with Crippen LogP contribution in [0.4, 0.5) is 18.9 Å². The van der Waals surface area contributed by atoms with Gasteiger partial charge in [0.1, 0.15) is 11.8 Å². The molecule has 3 aromatic rings. The van der Waals surface area contributed by atoms with E-state index < -0.39 is 23.8 Å². The molecular weight excluding hydrogens is 507 g/mol. The number of nitrogens with zero attached hydrogens (tertiary/aromatic N) is 1. The number of hydrogen-bond acceptors (Lipinski definition) is 4. The first kappa shape index (κ1) is 28.3. The van der Waals surface area contributed by atoms with E-state index in [4.69, 9.17) is 4.74 Å². The van der Waals surface area contributed by atoms with Crippen LogP contribution in [0.5, 0.6) is 5.75 Å². The van der Waals surface area contributed by atoms with Crippen molar-refractivity contribution in [2.45, 2.75) is 44.6 Å². The van der Waals surface area contributed by atoms with Crippen LogP contribution >= 0.6 is 12.4 Å². The number of likely N-dealkylation sites (N-methyl/N-ethyl adjacent to an activating group) is 1. The van der Waals surface area contributed by atoms with Crippen molar-refractivity contribution in [3.05, 3.63) is 71.3 Å². The number of nitrogens with one attached hydrogen (secondary N) is 2. The first-order chi connectivity index (χ1) is 17.1. The predicted octanol–water partition coefficient (Wildman–Crippen LogP) is 4.86. The second kappa shape index (κ2) is 11.4. The topological polar surface area (TPSA) is 70.7 Å². The molecule has 6 nitrogen and oxygen atoms in total. The summed E-state index contributed by atoms with van der Waals surface area (Å²) in [5.74, 6) is -0.118. The molecule has 1 heterocycles. The molecule has 2 amide bonds. The Morgan fingerprint density at radius 2 is 1.89 bits per heavy atom. The molecule has 4 rings (SSSR count). The van der Waals surface area contributed by atoms with Crippen LogP contribution in [0.3, 0.4) is 0 Å². The summed E-state index contributed by atoms with van der Waals surface area (Å²) in [5.41, 5.74) is 1.49. The molecule has 0 bridgehead atoms. The van der Waals surface area contributed by atoms with Gasteiger partial charge in [0.2, 0.25) is 11.8 Å². The van der Waals surface area contributed by atoms with Crippen LogP contribution < -0.4 is 20.3 Å². The number of methoxy groups -OCH3 is 1. The number of rotatable bonds is 6. The number of anilines is 1. The van der Waals surface area contributed by atoms with Gasteiger partial charge in [-0.05, 0) is 67.4 Å². The van der Waals surface area contributed by atoms with Gasteiger partial charge < -0.3 is 20.3 Å². The van der Waals surface area contributed by atoms with Crippen LogP contribution in [0, 0.1) is 0 Å². The van der Waals surface area contributed by atoms with Crippen molar-refractivity contribution in [3.63, 3.8) is 0 Å². The van der Waals surface area contributed by atoms with Crippen molar-refractivity contribution in [1.82, 2.24) is 10.6 Å². The summed E-state index contributed by atoms with van der Waals surface area (Å²) in [5, 5.41) is 6.67. The van der Waals surface area contributed by atoms with Gasteiger partial charge in [-0.15, -0.1) is 12.4 Å². The van der Waals surface area contributed by atoms with Crippen LogP contribution in [0.25, 0.3) is 10.8 Å². The fraction of sp³-hybridized carbons (Fsp3) is 0.333. The molecular formula is C27H29ClF3N3O3. The van der Waals surface area contributed by atoms with E-state index in [0.717, 1.165) is 17.7 Å². The molecule has 1 aliphatic rings. The minimum absolute atomic E-state index is 0. The third kappa shape index (κ3) is 5.83. The summed E-state index contributed by atoms with van der Waals surface area (Å²) in [6.45, 7) is 1.77. The second-order valence-corrected chi connectivity index (χ2v) is 8.84. The van der Waals surface area contributed by atoms with Gasteiger partial charge in [0, 0.05) is 11.3 Å². The summed E-state index contributed by atoms with van der Waals surface area (Å²) in [6, 6.07) is 13.0. The Balaban J connectivity index is 0.00000380. The van der Waals surface area contributed by atoms with Crippen molar-refractivity contribution in [1.29, 1.82) is 0 Å². The molecule has 3 aromatic carbocycles. The first-order valence-electron chi connectivity index (χ1n) is 11.7. The van der Waals surface area contributed by atoms with Crippen molar-refractivity contribution < 1.29 is 27.5 Å². The molecule has 0 radical (unpaired) electrons. The van der Waals surface area contributed by atoms with Crippen molar-refractivity contribution in [3.8, 4) is 5.75 Å². The SMILES string of the molecule is CN[C@@H](C)C(=O)N[C@H]1CCc2ccccc2N(Cc2c(OC)ccc3cc(C(F)(F)F)ccc23)C1=O.Cl. The fourth-order valence-electron chi connectivity index (χ4n) is 4.50. The lowest BCUT2D eigenvalue weighted by Crippen LogP contribution is -2.52. The Morgan fingerprint density at radius 3 is 2.57 bits per heavy atom. The third-order valence-electron chi connectivity index (χ3n) is 6.64. The van der Waals surface area contributed by atoms with Gasteiger partial charge in [-0.2, -0.15) is 13.2 Å². The number of halogens is 4. The summed E-state index contributed by atoms with van der Waals surface area (Å²) in [4.78, 5) is 27.9. The molecule has 2 N–H and O–H groups in total.